The maximum atomic E-state index is 5.49. The summed E-state index contributed by atoms with van der Waals surface area (Å²) in [5.41, 5.74) is 7.57. The molecule has 2 heterocycles. The van der Waals surface area contributed by atoms with Crippen LogP contribution in [0.3, 0.4) is 0 Å². The fourth-order valence-electron chi connectivity index (χ4n) is 1.22. The molecule has 0 aliphatic heterocycles. The minimum Gasteiger partial charge on any atom is -0.384 e. The first kappa shape index (κ1) is 9.45. The van der Waals surface area contributed by atoms with E-state index in [0.717, 1.165) is 17.8 Å². The van der Waals surface area contributed by atoms with Crippen LogP contribution in [-0.2, 0) is 6.54 Å². The number of nitrogen functional groups attached to an aromatic ring is 1. The van der Waals surface area contributed by atoms with Gasteiger partial charge < -0.3 is 11.1 Å². The molecule has 4 heteroatoms. The van der Waals surface area contributed by atoms with Crippen molar-refractivity contribution in [1.29, 1.82) is 0 Å². The fourth-order valence-corrected chi connectivity index (χ4v) is 1.22. The highest BCUT2D eigenvalue weighted by Gasteiger charge is 1.93. The lowest BCUT2D eigenvalue weighted by Gasteiger charge is -2.05. The number of pyridine rings is 2. The maximum absolute atomic E-state index is 5.49. The lowest BCUT2D eigenvalue weighted by molar-refractivity contribution is 1.11. The summed E-state index contributed by atoms with van der Waals surface area (Å²) < 4.78 is 0. The number of anilines is 2. The maximum Gasteiger partial charge on any atom is 0.123 e. The third-order valence-electron chi connectivity index (χ3n) is 2.01. The van der Waals surface area contributed by atoms with Gasteiger partial charge in [-0.2, -0.15) is 0 Å². The summed E-state index contributed by atoms with van der Waals surface area (Å²) in [4.78, 5) is 8.03. The van der Waals surface area contributed by atoms with Gasteiger partial charge in [0, 0.05) is 18.9 Å². The van der Waals surface area contributed by atoms with E-state index in [1.165, 1.54) is 0 Å². The number of hydrogen-bond donors (Lipinski definition) is 2. The molecule has 0 atom stereocenters. The van der Waals surface area contributed by atoms with Gasteiger partial charge in [0.05, 0.1) is 11.9 Å². The van der Waals surface area contributed by atoms with Gasteiger partial charge in [0.1, 0.15) is 5.82 Å². The van der Waals surface area contributed by atoms with E-state index in [1.807, 2.05) is 24.4 Å². The molecule has 0 aromatic carbocycles. The normalized spacial score (nSPS) is 9.87. The van der Waals surface area contributed by atoms with Crippen molar-refractivity contribution in [3.05, 3.63) is 48.4 Å². The SMILES string of the molecule is Nc1ccc(NCc2cccnc2)cn1. The molecule has 0 spiro atoms. The van der Waals surface area contributed by atoms with E-state index < -0.39 is 0 Å². The van der Waals surface area contributed by atoms with Gasteiger partial charge in [-0.15, -0.1) is 0 Å². The second kappa shape index (κ2) is 4.41. The highest BCUT2D eigenvalue weighted by atomic mass is 14.9. The van der Waals surface area contributed by atoms with Crippen LogP contribution in [0.1, 0.15) is 5.56 Å². The number of nitrogens with two attached hydrogens (primary N) is 1. The van der Waals surface area contributed by atoms with Gasteiger partial charge in [0.15, 0.2) is 0 Å². The lowest BCUT2D eigenvalue weighted by Crippen LogP contribution is -2.00. The summed E-state index contributed by atoms with van der Waals surface area (Å²) in [6, 6.07) is 7.60. The lowest BCUT2D eigenvalue weighted by atomic mass is 10.3. The Balaban J connectivity index is 1.96. The molecule has 0 bridgehead atoms. The molecule has 0 fully saturated rings. The average molecular weight is 200 g/mol. The number of hydrogen-bond acceptors (Lipinski definition) is 4. The van der Waals surface area contributed by atoms with Crippen molar-refractivity contribution in [2.75, 3.05) is 11.1 Å². The van der Waals surface area contributed by atoms with Gasteiger partial charge in [-0.3, -0.25) is 4.98 Å². The van der Waals surface area contributed by atoms with Gasteiger partial charge in [0.2, 0.25) is 0 Å². The van der Waals surface area contributed by atoms with Crippen LogP contribution in [0, 0.1) is 0 Å². The Kier molecular flexibility index (Phi) is 2.78. The molecule has 3 N–H and O–H groups in total. The largest absolute Gasteiger partial charge is 0.384 e. The molecule has 0 radical (unpaired) electrons. The molecule has 0 aliphatic carbocycles. The van der Waals surface area contributed by atoms with Crippen LogP contribution in [-0.4, -0.2) is 9.97 Å². The van der Waals surface area contributed by atoms with Crippen LogP contribution in [0.2, 0.25) is 0 Å². The summed E-state index contributed by atoms with van der Waals surface area (Å²) in [7, 11) is 0. The zero-order valence-electron chi connectivity index (χ0n) is 8.22. The third kappa shape index (κ3) is 2.67. The highest BCUT2D eigenvalue weighted by molar-refractivity contribution is 5.45. The van der Waals surface area contributed by atoms with Crippen molar-refractivity contribution >= 4 is 11.5 Å². The molecule has 2 aromatic rings. The number of nitrogens with one attached hydrogen (secondary N) is 1. The van der Waals surface area contributed by atoms with Crippen molar-refractivity contribution in [2.24, 2.45) is 0 Å². The molecule has 15 heavy (non-hydrogen) atoms. The summed E-state index contributed by atoms with van der Waals surface area (Å²) in [6.07, 6.45) is 5.30. The Hall–Kier alpha value is -2.10. The van der Waals surface area contributed by atoms with Crippen LogP contribution >= 0.6 is 0 Å². The molecule has 4 nitrogen and oxygen atoms in total. The Morgan fingerprint density at radius 2 is 2.13 bits per heavy atom. The minimum atomic E-state index is 0.530. The Morgan fingerprint density at radius 1 is 1.20 bits per heavy atom. The molecule has 2 aromatic heterocycles. The van der Waals surface area contributed by atoms with E-state index in [4.69, 9.17) is 5.73 Å². The standard InChI is InChI=1S/C11H12N4/c12-11-4-3-10(8-15-11)14-7-9-2-1-5-13-6-9/h1-6,8,14H,7H2,(H2,12,15). The molecule has 0 saturated heterocycles. The Bertz CT molecular complexity index is 410. The quantitative estimate of drug-likeness (QED) is 0.791. The number of aromatic nitrogens is 2. The number of nitrogens with zero attached hydrogens (tertiary/aromatic N) is 2. The van der Waals surface area contributed by atoms with Gasteiger partial charge in [-0.05, 0) is 23.8 Å². The molecule has 76 valence electrons. The zero-order chi connectivity index (χ0) is 10.5. The second-order valence-corrected chi connectivity index (χ2v) is 3.19. The van der Waals surface area contributed by atoms with Crippen molar-refractivity contribution in [2.45, 2.75) is 6.54 Å². The third-order valence-corrected chi connectivity index (χ3v) is 2.01. The first-order chi connectivity index (χ1) is 7.34. The van der Waals surface area contributed by atoms with Crippen molar-refractivity contribution in [3.8, 4) is 0 Å². The summed E-state index contributed by atoms with van der Waals surface area (Å²) >= 11 is 0. The molecule has 0 aliphatic rings. The molecule has 0 amide bonds. The van der Waals surface area contributed by atoms with Gasteiger partial charge >= 0.3 is 0 Å². The monoisotopic (exact) mass is 200 g/mol. The van der Waals surface area contributed by atoms with E-state index in [1.54, 1.807) is 18.5 Å². The predicted octanol–water partition coefficient (Wildman–Crippen LogP) is 1.67. The highest BCUT2D eigenvalue weighted by Crippen LogP contribution is 2.08. The van der Waals surface area contributed by atoms with E-state index >= 15 is 0 Å². The fraction of sp³-hybridized carbons (Fsp3) is 0.0909. The van der Waals surface area contributed by atoms with Crippen LogP contribution in [0.15, 0.2) is 42.9 Å². The van der Waals surface area contributed by atoms with Crippen LogP contribution in [0.4, 0.5) is 11.5 Å². The molecular formula is C11H12N4. The smallest absolute Gasteiger partial charge is 0.123 e. The average Bonchev–Trinajstić information content (AvgIpc) is 2.30. The zero-order valence-corrected chi connectivity index (χ0v) is 8.22. The Morgan fingerprint density at radius 3 is 2.80 bits per heavy atom. The van der Waals surface area contributed by atoms with Crippen molar-refractivity contribution < 1.29 is 0 Å². The van der Waals surface area contributed by atoms with Gasteiger partial charge in [-0.25, -0.2) is 4.98 Å². The van der Waals surface area contributed by atoms with E-state index in [9.17, 15) is 0 Å². The Labute approximate surface area is 88.2 Å². The van der Waals surface area contributed by atoms with E-state index in [-0.39, 0.29) is 0 Å². The van der Waals surface area contributed by atoms with Crippen molar-refractivity contribution in [3.63, 3.8) is 0 Å². The van der Waals surface area contributed by atoms with Gasteiger partial charge in [0.25, 0.3) is 0 Å². The molecule has 0 saturated carbocycles. The topological polar surface area (TPSA) is 63.8 Å². The predicted molar refractivity (Wildman–Crippen MR) is 60.2 cm³/mol. The second-order valence-electron chi connectivity index (χ2n) is 3.19. The molecule has 2 rings (SSSR count). The number of rotatable bonds is 3. The van der Waals surface area contributed by atoms with E-state index in [0.29, 0.717) is 5.82 Å². The van der Waals surface area contributed by atoms with Crippen LogP contribution in [0.25, 0.3) is 0 Å². The first-order valence-corrected chi connectivity index (χ1v) is 4.69. The van der Waals surface area contributed by atoms with E-state index in [2.05, 4.69) is 15.3 Å². The summed E-state index contributed by atoms with van der Waals surface area (Å²) in [6.45, 7) is 0.736. The minimum absolute atomic E-state index is 0.530. The van der Waals surface area contributed by atoms with Crippen LogP contribution < -0.4 is 11.1 Å². The summed E-state index contributed by atoms with van der Waals surface area (Å²) in [5, 5.41) is 3.23. The molecular weight excluding hydrogens is 188 g/mol. The van der Waals surface area contributed by atoms with Crippen LogP contribution in [0.5, 0.6) is 0 Å². The van der Waals surface area contributed by atoms with Gasteiger partial charge in [-0.1, -0.05) is 6.07 Å². The molecule has 0 unspecified atom stereocenters. The summed E-state index contributed by atoms with van der Waals surface area (Å²) in [5.74, 6) is 0.530. The first-order valence-electron chi connectivity index (χ1n) is 4.69. The van der Waals surface area contributed by atoms with Crippen molar-refractivity contribution in [1.82, 2.24) is 9.97 Å².